The van der Waals surface area contributed by atoms with E-state index in [0.29, 0.717) is 72.0 Å². The first-order valence-corrected chi connectivity index (χ1v) is 12.6. The summed E-state index contributed by atoms with van der Waals surface area (Å²) in [6, 6.07) is 0. The van der Waals surface area contributed by atoms with Gasteiger partial charge in [0.1, 0.15) is 0 Å². The van der Waals surface area contributed by atoms with E-state index in [1.54, 1.807) is 0 Å². The highest BCUT2D eigenvalue weighted by molar-refractivity contribution is 4.57. The molecule has 0 radical (unpaired) electrons. The molecular weight excluding hydrogens is 396 g/mol. The van der Waals surface area contributed by atoms with Crippen LogP contribution in [-0.4, -0.2) is 79.3 Å². The predicted molar refractivity (Wildman–Crippen MR) is 127 cm³/mol. The normalized spacial score (nSPS) is 14.6. The Labute approximate surface area is 192 Å². The van der Waals surface area contributed by atoms with Gasteiger partial charge in [-0.15, -0.1) is 0 Å². The lowest BCUT2D eigenvalue weighted by Gasteiger charge is -2.16. The van der Waals surface area contributed by atoms with E-state index >= 15 is 0 Å². The van der Waals surface area contributed by atoms with E-state index in [1.807, 2.05) is 0 Å². The third-order valence-electron chi connectivity index (χ3n) is 5.45. The highest BCUT2D eigenvalue weighted by Gasteiger charge is 2.07. The first kappa shape index (κ1) is 30.8. The van der Waals surface area contributed by atoms with Gasteiger partial charge >= 0.3 is 0 Å². The van der Waals surface area contributed by atoms with Gasteiger partial charge in [0, 0.05) is 13.2 Å². The van der Waals surface area contributed by atoms with Crippen LogP contribution in [-0.2, 0) is 28.4 Å². The van der Waals surface area contributed by atoms with Crippen molar-refractivity contribution in [1.29, 1.82) is 0 Å². The van der Waals surface area contributed by atoms with E-state index in [2.05, 4.69) is 34.6 Å². The Kier molecular flexibility index (Phi) is 24.2. The largest absolute Gasteiger partial charge is 0.379 e. The van der Waals surface area contributed by atoms with Crippen LogP contribution in [0.2, 0.25) is 0 Å². The molecule has 0 aromatic rings. The second-order valence-corrected chi connectivity index (χ2v) is 8.65. The Morgan fingerprint density at radius 3 is 1.26 bits per heavy atom. The van der Waals surface area contributed by atoms with Crippen molar-refractivity contribution >= 4 is 0 Å². The second-order valence-electron chi connectivity index (χ2n) is 8.65. The molecule has 0 saturated carbocycles. The molecule has 0 fully saturated rings. The van der Waals surface area contributed by atoms with Crippen LogP contribution >= 0.6 is 0 Å². The molecular formula is C25H52O6. The lowest BCUT2D eigenvalue weighted by molar-refractivity contribution is -0.0186. The van der Waals surface area contributed by atoms with E-state index in [1.165, 1.54) is 25.7 Å². The average molecular weight is 449 g/mol. The van der Waals surface area contributed by atoms with Gasteiger partial charge in [-0.1, -0.05) is 47.5 Å². The molecule has 188 valence electrons. The van der Waals surface area contributed by atoms with E-state index < -0.39 is 0 Å². The summed E-state index contributed by atoms with van der Waals surface area (Å²) < 4.78 is 33.2. The number of rotatable bonds is 25. The van der Waals surface area contributed by atoms with Crippen molar-refractivity contribution in [3.8, 4) is 0 Å². The lowest BCUT2D eigenvalue weighted by Crippen LogP contribution is -2.15. The van der Waals surface area contributed by atoms with Crippen LogP contribution in [0.3, 0.4) is 0 Å². The van der Waals surface area contributed by atoms with Crippen molar-refractivity contribution in [1.82, 2.24) is 0 Å². The Morgan fingerprint density at radius 2 is 0.839 bits per heavy atom. The van der Waals surface area contributed by atoms with E-state index in [0.717, 1.165) is 31.5 Å². The monoisotopic (exact) mass is 448 g/mol. The molecule has 31 heavy (non-hydrogen) atoms. The molecule has 3 unspecified atom stereocenters. The van der Waals surface area contributed by atoms with Gasteiger partial charge in [0.2, 0.25) is 0 Å². The molecule has 0 amide bonds. The van der Waals surface area contributed by atoms with E-state index in [9.17, 15) is 0 Å². The second kappa shape index (κ2) is 24.4. The van der Waals surface area contributed by atoms with Crippen molar-refractivity contribution in [2.45, 2.75) is 66.7 Å². The summed E-state index contributed by atoms with van der Waals surface area (Å²) in [4.78, 5) is 0. The summed E-state index contributed by atoms with van der Waals surface area (Å²) in [6.07, 6.45) is 6.09. The highest BCUT2D eigenvalue weighted by Crippen LogP contribution is 2.14. The summed E-state index contributed by atoms with van der Waals surface area (Å²) in [5, 5.41) is 0. The van der Waals surface area contributed by atoms with Crippen LogP contribution in [0.4, 0.5) is 0 Å². The summed E-state index contributed by atoms with van der Waals surface area (Å²) in [6.45, 7) is 19.0. The third-order valence-corrected chi connectivity index (χ3v) is 5.45. The van der Waals surface area contributed by atoms with Gasteiger partial charge in [0.05, 0.1) is 66.1 Å². The maximum atomic E-state index is 5.67. The SMILES string of the molecule is CCC(C)CCCOCCOCCOCCOCCOCCOCC(C)CC(C)CC. The molecule has 0 aliphatic heterocycles. The first-order valence-electron chi connectivity index (χ1n) is 12.6. The van der Waals surface area contributed by atoms with Crippen molar-refractivity contribution < 1.29 is 28.4 Å². The van der Waals surface area contributed by atoms with Crippen molar-refractivity contribution in [3.63, 3.8) is 0 Å². The maximum absolute atomic E-state index is 5.67. The lowest BCUT2D eigenvalue weighted by atomic mass is 9.96. The van der Waals surface area contributed by atoms with Gasteiger partial charge in [-0.3, -0.25) is 0 Å². The zero-order valence-corrected chi connectivity index (χ0v) is 21.2. The quantitative estimate of drug-likeness (QED) is 0.184. The van der Waals surface area contributed by atoms with Crippen LogP contribution in [0, 0.1) is 17.8 Å². The molecule has 0 aromatic heterocycles. The standard InChI is InChI=1S/C25H52O6/c1-6-23(3)9-8-10-26-11-12-27-13-14-28-15-16-29-17-18-30-19-20-31-22-25(5)21-24(4)7-2/h23-25H,6-22H2,1-5H3. The molecule has 0 heterocycles. The van der Waals surface area contributed by atoms with Crippen LogP contribution < -0.4 is 0 Å². The zero-order chi connectivity index (χ0) is 23.0. The summed E-state index contributed by atoms with van der Waals surface area (Å²) in [5.74, 6) is 2.18. The molecule has 0 saturated heterocycles. The molecule has 0 aromatic carbocycles. The molecule has 0 rings (SSSR count). The fourth-order valence-electron chi connectivity index (χ4n) is 3.04. The maximum Gasteiger partial charge on any atom is 0.0701 e. The molecule has 0 bridgehead atoms. The molecule has 3 atom stereocenters. The Morgan fingerprint density at radius 1 is 0.452 bits per heavy atom. The van der Waals surface area contributed by atoms with Crippen LogP contribution in [0.1, 0.15) is 66.7 Å². The molecule has 0 aliphatic rings. The highest BCUT2D eigenvalue weighted by atomic mass is 16.6. The van der Waals surface area contributed by atoms with Gasteiger partial charge in [-0.05, 0) is 37.0 Å². The Balaban J connectivity index is 3.11. The number of hydrogen-bond donors (Lipinski definition) is 0. The van der Waals surface area contributed by atoms with Crippen molar-refractivity contribution in [2.75, 3.05) is 79.3 Å². The first-order chi connectivity index (χ1) is 15.1. The summed E-state index contributed by atoms with van der Waals surface area (Å²) in [7, 11) is 0. The van der Waals surface area contributed by atoms with Gasteiger partial charge < -0.3 is 28.4 Å². The van der Waals surface area contributed by atoms with Gasteiger partial charge in [-0.25, -0.2) is 0 Å². The van der Waals surface area contributed by atoms with Gasteiger partial charge in [0.25, 0.3) is 0 Å². The smallest absolute Gasteiger partial charge is 0.0701 e. The Hall–Kier alpha value is -0.240. The molecule has 6 heteroatoms. The van der Waals surface area contributed by atoms with E-state index in [-0.39, 0.29) is 0 Å². The van der Waals surface area contributed by atoms with E-state index in [4.69, 9.17) is 28.4 Å². The third kappa shape index (κ3) is 24.2. The van der Waals surface area contributed by atoms with Gasteiger partial charge in [0.15, 0.2) is 0 Å². The fourth-order valence-corrected chi connectivity index (χ4v) is 3.04. The minimum absolute atomic E-state index is 0.576. The topological polar surface area (TPSA) is 55.4 Å². The van der Waals surface area contributed by atoms with Crippen LogP contribution in [0.5, 0.6) is 0 Å². The van der Waals surface area contributed by atoms with Crippen LogP contribution in [0.25, 0.3) is 0 Å². The number of hydrogen-bond acceptors (Lipinski definition) is 6. The average Bonchev–Trinajstić information content (AvgIpc) is 2.77. The Bertz CT molecular complexity index is 342. The molecule has 0 aliphatic carbocycles. The summed E-state index contributed by atoms with van der Waals surface area (Å²) >= 11 is 0. The van der Waals surface area contributed by atoms with Gasteiger partial charge in [-0.2, -0.15) is 0 Å². The van der Waals surface area contributed by atoms with Crippen molar-refractivity contribution in [3.05, 3.63) is 0 Å². The summed E-state index contributed by atoms with van der Waals surface area (Å²) in [5.41, 5.74) is 0. The fraction of sp³-hybridized carbons (Fsp3) is 1.00. The molecule has 6 nitrogen and oxygen atoms in total. The molecule has 0 N–H and O–H groups in total. The molecule has 0 spiro atoms. The minimum atomic E-state index is 0.576. The predicted octanol–water partition coefficient (Wildman–Crippen LogP) is 4.98. The number of ether oxygens (including phenoxy) is 6. The minimum Gasteiger partial charge on any atom is -0.379 e. The van der Waals surface area contributed by atoms with Crippen LogP contribution in [0.15, 0.2) is 0 Å². The van der Waals surface area contributed by atoms with Crippen molar-refractivity contribution in [2.24, 2.45) is 17.8 Å². The zero-order valence-electron chi connectivity index (χ0n) is 21.2.